The van der Waals surface area contributed by atoms with E-state index < -0.39 is 0 Å². The van der Waals surface area contributed by atoms with Crippen molar-refractivity contribution in [3.8, 4) is 0 Å². The highest BCUT2D eigenvalue weighted by atomic mass is 13.9. The van der Waals surface area contributed by atoms with Crippen LogP contribution in [-0.2, 0) is 0 Å². The van der Waals surface area contributed by atoms with Crippen molar-refractivity contribution in [2.24, 2.45) is 0 Å². The number of rotatable bonds is 6. The molecule has 0 aromatic rings. The lowest BCUT2D eigenvalue weighted by Gasteiger charge is -1.92. The van der Waals surface area contributed by atoms with E-state index in [4.69, 9.17) is 0 Å². The normalized spacial score (nSPS) is 11.5. The molecule has 0 aromatic heterocycles. The molecule has 0 rings (SSSR count). The van der Waals surface area contributed by atoms with Gasteiger partial charge in [-0.1, -0.05) is 56.2 Å². The molecular weight excluding hydrogens is 144 g/mol. The first-order valence-corrected chi connectivity index (χ1v) is 4.76. The van der Waals surface area contributed by atoms with Crippen molar-refractivity contribution in [2.75, 3.05) is 0 Å². The van der Waals surface area contributed by atoms with Crippen molar-refractivity contribution >= 4 is 0 Å². The minimum atomic E-state index is 0.985. The zero-order valence-electron chi connectivity index (χ0n) is 8.34. The molecule has 0 aliphatic carbocycles. The average Bonchev–Trinajstić information content (AvgIpc) is 2.09. The Morgan fingerprint density at radius 2 is 2.08 bits per heavy atom. The third kappa shape index (κ3) is 7.33. The summed E-state index contributed by atoms with van der Waals surface area (Å²) in [6, 6.07) is 0. The van der Waals surface area contributed by atoms with Crippen molar-refractivity contribution in [2.45, 2.75) is 39.5 Å². The second-order valence-corrected chi connectivity index (χ2v) is 2.98. The summed E-state index contributed by atoms with van der Waals surface area (Å²) in [5.41, 5.74) is 1.20. The predicted molar refractivity (Wildman–Crippen MR) is 57.2 cm³/mol. The van der Waals surface area contributed by atoms with E-state index in [0.717, 1.165) is 6.42 Å². The summed E-state index contributed by atoms with van der Waals surface area (Å²) < 4.78 is 0. The van der Waals surface area contributed by atoms with Crippen LogP contribution in [0.25, 0.3) is 0 Å². The average molecular weight is 164 g/mol. The first-order chi connectivity index (χ1) is 5.81. The highest BCUT2D eigenvalue weighted by molar-refractivity contribution is 5.17. The molecule has 0 saturated heterocycles. The molecule has 68 valence electrons. The van der Waals surface area contributed by atoms with E-state index in [-0.39, 0.29) is 0 Å². The molecule has 0 fully saturated rings. The zero-order valence-corrected chi connectivity index (χ0v) is 8.34. The number of hydrogen-bond acceptors (Lipinski definition) is 0. The van der Waals surface area contributed by atoms with Crippen LogP contribution in [0.1, 0.15) is 39.5 Å². The van der Waals surface area contributed by atoms with Crippen molar-refractivity contribution in [3.63, 3.8) is 0 Å². The van der Waals surface area contributed by atoms with Gasteiger partial charge in [0, 0.05) is 0 Å². The van der Waals surface area contributed by atoms with E-state index in [1.165, 1.54) is 24.8 Å². The van der Waals surface area contributed by atoms with Gasteiger partial charge in [-0.3, -0.25) is 0 Å². The summed E-state index contributed by atoms with van der Waals surface area (Å²) >= 11 is 0. The topological polar surface area (TPSA) is 0 Å². The molecule has 0 spiro atoms. The van der Waals surface area contributed by atoms with Gasteiger partial charge >= 0.3 is 0 Å². The zero-order chi connectivity index (χ0) is 9.23. The van der Waals surface area contributed by atoms with Crippen LogP contribution in [0.2, 0.25) is 0 Å². The molecule has 0 aliphatic rings. The molecule has 0 N–H and O–H groups in total. The Labute approximate surface area is 76.7 Å². The molecule has 12 heavy (non-hydrogen) atoms. The summed E-state index contributed by atoms with van der Waals surface area (Å²) in [6.45, 7) is 8.20. The lowest BCUT2D eigenvalue weighted by atomic mass is 10.1. The van der Waals surface area contributed by atoms with Crippen molar-refractivity contribution in [1.29, 1.82) is 0 Å². The SMILES string of the molecule is C=C(C=CCCCC)CC=CC. The highest BCUT2D eigenvalue weighted by Gasteiger charge is 1.83. The first kappa shape index (κ1) is 11.2. The van der Waals surface area contributed by atoms with Crippen LogP contribution < -0.4 is 0 Å². The van der Waals surface area contributed by atoms with E-state index in [9.17, 15) is 0 Å². The monoisotopic (exact) mass is 164 g/mol. The Kier molecular flexibility index (Phi) is 7.78. The summed E-state index contributed by atoms with van der Waals surface area (Å²) in [4.78, 5) is 0. The summed E-state index contributed by atoms with van der Waals surface area (Å²) in [5, 5.41) is 0. The molecule has 0 heteroatoms. The van der Waals surface area contributed by atoms with Crippen LogP contribution >= 0.6 is 0 Å². The molecular formula is C12H20. The summed E-state index contributed by atoms with van der Waals surface area (Å²) in [6.07, 6.45) is 13.3. The van der Waals surface area contributed by atoms with Gasteiger partial charge in [0.1, 0.15) is 0 Å². The van der Waals surface area contributed by atoms with Crippen molar-refractivity contribution in [3.05, 3.63) is 36.5 Å². The second-order valence-electron chi connectivity index (χ2n) is 2.98. The third-order valence-corrected chi connectivity index (χ3v) is 1.69. The molecule has 0 saturated carbocycles. The van der Waals surface area contributed by atoms with E-state index in [0.29, 0.717) is 0 Å². The summed E-state index contributed by atoms with van der Waals surface area (Å²) in [5.74, 6) is 0. The molecule has 0 aliphatic heterocycles. The second kappa shape index (κ2) is 8.32. The summed E-state index contributed by atoms with van der Waals surface area (Å²) in [7, 11) is 0. The van der Waals surface area contributed by atoms with Crippen molar-refractivity contribution < 1.29 is 0 Å². The number of unbranched alkanes of at least 4 members (excludes halogenated alkanes) is 2. The molecule has 0 heterocycles. The van der Waals surface area contributed by atoms with Gasteiger partial charge < -0.3 is 0 Å². The van der Waals surface area contributed by atoms with Gasteiger partial charge in [0.2, 0.25) is 0 Å². The standard InChI is InChI=1S/C12H20/c1-4-6-8-9-11-12(3)10-7-5-2/h5,7,9,11H,3-4,6,8,10H2,1-2H3. The highest BCUT2D eigenvalue weighted by Crippen LogP contribution is 2.03. The predicted octanol–water partition coefficient (Wildman–Crippen LogP) is 4.26. The van der Waals surface area contributed by atoms with Gasteiger partial charge in [-0.25, -0.2) is 0 Å². The smallest absolute Gasteiger partial charge is 0.0104 e. The Morgan fingerprint density at radius 1 is 1.33 bits per heavy atom. The van der Waals surface area contributed by atoms with Gasteiger partial charge in [0.15, 0.2) is 0 Å². The van der Waals surface area contributed by atoms with Crippen LogP contribution in [-0.4, -0.2) is 0 Å². The van der Waals surface area contributed by atoms with Gasteiger partial charge in [-0.2, -0.15) is 0 Å². The van der Waals surface area contributed by atoms with Gasteiger partial charge in [0.05, 0.1) is 0 Å². The quantitative estimate of drug-likeness (QED) is 0.313. The third-order valence-electron chi connectivity index (χ3n) is 1.69. The fourth-order valence-electron chi connectivity index (χ4n) is 0.909. The minimum Gasteiger partial charge on any atom is -0.0955 e. The van der Waals surface area contributed by atoms with E-state index >= 15 is 0 Å². The molecule has 0 radical (unpaired) electrons. The number of allylic oxidation sites excluding steroid dienone is 5. The van der Waals surface area contributed by atoms with E-state index in [1.54, 1.807) is 0 Å². The molecule has 0 amide bonds. The Morgan fingerprint density at radius 3 is 2.67 bits per heavy atom. The van der Waals surface area contributed by atoms with E-state index in [1.807, 2.05) is 6.92 Å². The van der Waals surface area contributed by atoms with Crippen LogP contribution in [0.5, 0.6) is 0 Å². The molecule has 0 unspecified atom stereocenters. The molecule has 0 nitrogen and oxygen atoms in total. The maximum atomic E-state index is 3.95. The van der Waals surface area contributed by atoms with Crippen LogP contribution in [0, 0.1) is 0 Å². The maximum Gasteiger partial charge on any atom is -0.0104 e. The lowest BCUT2D eigenvalue weighted by molar-refractivity contribution is 0.814. The Hall–Kier alpha value is -0.780. The largest absolute Gasteiger partial charge is 0.0955 e. The fraction of sp³-hybridized carbons (Fsp3) is 0.500. The van der Waals surface area contributed by atoms with Gasteiger partial charge in [0.25, 0.3) is 0 Å². The molecule has 0 atom stereocenters. The van der Waals surface area contributed by atoms with Gasteiger partial charge in [-0.05, 0) is 19.8 Å². The molecule has 0 bridgehead atoms. The first-order valence-electron chi connectivity index (χ1n) is 4.76. The van der Waals surface area contributed by atoms with E-state index in [2.05, 4.69) is 37.8 Å². The molecule has 0 aromatic carbocycles. The lowest BCUT2D eigenvalue weighted by Crippen LogP contribution is -1.72. The van der Waals surface area contributed by atoms with Crippen LogP contribution in [0.15, 0.2) is 36.5 Å². The maximum absolute atomic E-state index is 3.95. The number of hydrogen-bond donors (Lipinski definition) is 0. The van der Waals surface area contributed by atoms with Gasteiger partial charge in [-0.15, -0.1) is 0 Å². The Balaban J connectivity index is 3.47. The Bertz CT molecular complexity index is 161. The van der Waals surface area contributed by atoms with Crippen LogP contribution in [0.4, 0.5) is 0 Å². The van der Waals surface area contributed by atoms with Crippen LogP contribution in [0.3, 0.4) is 0 Å². The minimum absolute atomic E-state index is 0.985. The van der Waals surface area contributed by atoms with Crippen molar-refractivity contribution in [1.82, 2.24) is 0 Å². The fourth-order valence-corrected chi connectivity index (χ4v) is 0.909.